The first-order chi connectivity index (χ1) is 7.88. The monoisotopic (exact) mass is 249 g/mol. The molecule has 0 aromatic heterocycles. The van der Waals surface area contributed by atoms with Gasteiger partial charge in [-0.3, -0.25) is 0 Å². The molecule has 17 heavy (non-hydrogen) atoms. The summed E-state index contributed by atoms with van der Waals surface area (Å²) in [6.07, 6.45) is 0.836. The van der Waals surface area contributed by atoms with Crippen LogP contribution in [0, 0.1) is 5.82 Å². The van der Waals surface area contributed by atoms with E-state index in [-0.39, 0.29) is 6.10 Å². The number of halogens is 4. The summed E-state index contributed by atoms with van der Waals surface area (Å²) < 4.78 is 56.3. The maximum absolute atomic E-state index is 13.0. The average molecular weight is 249 g/mol. The fourth-order valence-corrected chi connectivity index (χ4v) is 1.52. The quantitative estimate of drug-likeness (QED) is 0.573. The van der Waals surface area contributed by atoms with Crippen molar-refractivity contribution in [2.24, 2.45) is 0 Å². The van der Waals surface area contributed by atoms with E-state index < -0.39 is 24.0 Å². The SMILES string of the molecule is CCC(CC)Oc1cc(F)ccc1[B-](F)(F)F. The largest absolute Gasteiger partial charge is 0.513 e. The molecule has 6 heteroatoms. The van der Waals surface area contributed by atoms with Crippen molar-refractivity contribution in [2.45, 2.75) is 32.8 Å². The number of ether oxygens (including phenoxy) is 1. The number of hydrogen-bond acceptors (Lipinski definition) is 1. The molecule has 0 aliphatic rings. The molecule has 0 fully saturated rings. The summed E-state index contributed by atoms with van der Waals surface area (Å²) in [5.74, 6) is -1.14. The molecule has 0 aliphatic carbocycles. The van der Waals surface area contributed by atoms with Gasteiger partial charge in [0, 0.05) is 6.07 Å². The summed E-state index contributed by atoms with van der Waals surface area (Å²) in [6.45, 7) is -1.56. The molecule has 0 amide bonds. The molecular formula is C11H14BF4O-. The Labute approximate surface area is 97.8 Å². The van der Waals surface area contributed by atoms with E-state index in [4.69, 9.17) is 4.74 Å². The second kappa shape index (κ2) is 5.43. The molecule has 1 aromatic rings. The van der Waals surface area contributed by atoms with Crippen LogP contribution in [0.25, 0.3) is 0 Å². The van der Waals surface area contributed by atoms with Crippen molar-refractivity contribution in [1.82, 2.24) is 0 Å². The first-order valence-corrected chi connectivity index (χ1v) is 5.54. The summed E-state index contributed by atoms with van der Waals surface area (Å²) in [5.41, 5.74) is -0.877. The smallest absolute Gasteiger partial charge is 0.493 e. The van der Waals surface area contributed by atoms with Crippen LogP contribution in [0.3, 0.4) is 0 Å². The van der Waals surface area contributed by atoms with Gasteiger partial charge in [0.1, 0.15) is 5.82 Å². The Bertz CT molecular complexity index is 374. The highest BCUT2D eigenvalue weighted by Gasteiger charge is 2.30. The number of hydrogen-bond donors (Lipinski definition) is 0. The molecule has 0 radical (unpaired) electrons. The van der Waals surface area contributed by atoms with E-state index in [1.165, 1.54) is 0 Å². The van der Waals surface area contributed by atoms with E-state index in [0.717, 1.165) is 18.2 Å². The van der Waals surface area contributed by atoms with Gasteiger partial charge in [-0.25, -0.2) is 4.39 Å². The van der Waals surface area contributed by atoms with Crippen LogP contribution in [0.5, 0.6) is 5.75 Å². The number of benzene rings is 1. The van der Waals surface area contributed by atoms with Gasteiger partial charge in [-0.15, -0.1) is 0 Å². The zero-order chi connectivity index (χ0) is 13.1. The molecule has 96 valence electrons. The third-order valence-corrected chi connectivity index (χ3v) is 2.53. The van der Waals surface area contributed by atoms with E-state index in [2.05, 4.69) is 0 Å². The Balaban J connectivity index is 3.07. The summed E-state index contributed by atoms with van der Waals surface area (Å²) in [4.78, 5) is 0. The predicted molar refractivity (Wildman–Crippen MR) is 60.1 cm³/mol. The van der Waals surface area contributed by atoms with Crippen LogP contribution in [-0.4, -0.2) is 13.1 Å². The van der Waals surface area contributed by atoms with Crippen molar-refractivity contribution in [2.75, 3.05) is 0 Å². The Morgan fingerprint density at radius 1 is 1.18 bits per heavy atom. The maximum atomic E-state index is 13.0. The van der Waals surface area contributed by atoms with Crippen molar-refractivity contribution in [3.05, 3.63) is 24.0 Å². The highest BCUT2D eigenvalue weighted by atomic mass is 19.4. The Hall–Kier alpha value is -1.20. The van der Waals surface area contributed by atoms with Gasteiger partial charge in [-0.05, 0) is 18.9 Å². The second-order valence-corrected chi connectivity index (χ2v) is 3.81. The molecule has 0 saturated heterocycles. The first kappa shape index (κ1) is 13.9. The number of rotatable bonds is 5. The lowest BCUT2D eigenvalue weighted by molar-refractivity contribution is 0.193. The van der Waals surface area contributed by atoms with E-state index >= 15 is 0 Å². The lowest BCUT2D eigenvalue weighted by Crippen LogP contribution is -2.36. The van der Waals surface area contributed by atoms with Gasteiger partial charge in [0.15, 0.2) is 0 Å². The molecule has 0 unspecified atom stereocenters. The van der Waals surface area contributed by atoms with Gasteiger partial charge in [0.05, 0.1) is 11.9 Å². The van der Waals surface area contributed by atoms with E-state index in [1.54, 1.807) is 0 Å². The topological polar surface area (TPSA) is 9.23 Å². The van der Waals surface area contributed by atoms with Gasteiger partial charge in [-0.2, -0.15) is 0 Å². The minimum atomic E-state index is -5.19. The average Bonchev–Trinajstić information content (AvgIpc) is 2.24. The highest BCUT2D eigenvalue weighted by Crippen LogP contribution is 2.21. The van der Waals surface area contributed by atoms with Gasteiger partial charge in [0.25, 0.3) is 0 Å². The van der Waals surface area contributed by atoms with Gasteiger partial charge < -0.3 is 17.7 Å². The predicted octanol–water partition coefficient (Wildman–Crippen LogP) is 3.45. The standard InChI is InChI=1S/C11H14BF4O/c1-3-9(4-2)17-11-7-8(13)5-6-10(11)12(14,15)16/h5-7,9H,3-4H2,1-2H3/q-1. The lowest BCUT2D eigenvalue weighted by atomic mass is 9.79. The van der Waals surface area contributed by atoms with Crippen LogP contribution in [0.2, 0.25) is 0 Å². The summed E-state index contributed by atoms with van der Waals surface area (Å²) >= 11 is 0. The second-order valence-electron chi connectivity index (χ2n) is 3.81. The highest BCUT2D eigenvalue weighted by molar-refractivity contribution is 6.74. The van der Waals surface area contributed by atoms with E-state index in [9.17, 15) is 17.3 Å². The van der Waals surface area contributed by atoms with Crippen molar-refractivity contribution in [1.29, 1.82) is 0 Å². The van der Waals surface area contributed by atoms with E-state index in [0.29, 0.717) is 12.8 Å². The molecule has 0 bridgehead atoms. The molecule has 0 N–H and O–H groups in total. The van der Waals surface area contributed by atoms with Crippen LogP contribution in [-0.2, 0) is 0 Å². The van der Waals surface area contributed by atoms with Crippen molar-refractivity contribution in [3.8, 4) is 5.75 Å². The first-order valence-electron chi connectivity index (χ1n) is 5.54. The Kier molecular flexibility index (Phi) is 4.43. The maximum Gasteiger partial charge on any atom is 0.513 e. The van der Waals surface area contributed by atoms with Crippen LogP contribution >= 0.6 is 0 Å². The zero-order valence-corrected chi connectivity index (χ0v) is 9.72. The molecule has 0 aliphatic heterocycles. The minimum absolute atomic E-state index is 0.325. The lowest BCUT2D eigenvalue weighted by Gasteiger charge is -2.23. The molecule has 0 heterocycles. The molecule has 1 aromatic carbocycles. The fraction of sp³-hybridized carbons (Fsp3) is 0.455. The third kappa shape index (κ3) is 3.65. The molecule has 1 nitrogen and oxygen atoms in total. The van der Waals surface area contributed by atoms with Gasteiger partial charge in [0.2, 0.25) is 0 Å². The normalized spacial score (nSPS) is 11.9. The van der Waals surface area contributed by atoms with Crippen molar-refractivity contribution >= 4 is 12.4 Å². The molecule has 1 rings (SSSR count). The third-order valence-electron chi connectivity index (χ3n) is 2.53. The van der Waals surface area contributed by atoms with Crippen LogP contribution < -0.4 is 10.2 Å². The Morgan fingerprint density at radius 2 is 1.76 bits per heavy atom. The summed E-state index contributed by atoms with van der Waals surface area (Å²) in [5, 5.41) is 0. The summed E-state index contributed by atoms with van der Waals surface area (Å²) in [7, 11) is 0. The van der Waals surface area contributed by atoms with Crippen LogP contribution in [0.1, 0.15) is 26.7 Å². The van der Waals surface area contributed by atoms with Crippen LogP contribution in [0.15, 0.2) is 18.2 Å². The molecule has 0 atom stereocenters. The zero-order valence-electron chi connectivity index (χ0n) is 9.72. The van der Waals surface area contributed by atoms with Crippen molar-refractivity contribution < 1.29 is 22.1 Å². The van der Waals surface area contributed by atoms with Crippen LogP contribution in [0.4, 0.5) is 17.3 Å². The summed E-state index contributed by atoms with van der Waals surface area (Å²) in [6, 6.07) is 2.32. The molecular weight excluding hydrogens is 235 g/mol. The van der Waals surface area contributed by atoms with Gasteiger partial charge in [-0.1, -0.05) is 25.4 Å². The van der Waals surface area contributed by atoms with Crippen molar-refractivity contribution in [3.63, 3.8) is 0 Å². The molecule has 0 saturated carbocycles. The fourth-order valence-electron chi connectivity index (χ4n) is 1.52. The Morgan fingerprint density at radius 3 is 2.24 bits per heavy atom. The van der Waals surface area contributed by atoms with Gasteiger partial charge >= 0.3 is 6.98 Å². The molecule has 0 spiro atoms. The minimum Gasteiger partial charge on any atom is -0.493 e. The van der Waals surface area contributed by atoms with E-state index in [1.807, 2.05) is 13.8 Å².